The van der Waals surface area contributed by atoms with Crippen molar-refractivity contribution >= 4 is 29.4 Å². The Morgan fingerprint density at radius 2 is 1.70 bits per heavy atom. The maximum absolute atomic E-state index is 12.1. The van der Waals surface area contributed by atoms with Crippen molar-refractivity contribution in [3.05, 3.63) is 72.1 Å². The van der Waals surface area contributed by atoms with Gasteiger partial charge < -0.3 is 9.88 Å². The van der Waals surface area contributed by atoms with E-state index in [-0.39, 0.29) is 5.91 Å². The first-order chi connectivity index (χ1) is 13.2. The van der Waals surface area contributed by atoms with E-state index in [4.69, 9.17) is 0 Å². The van der Waals surface area contributed by atoms with Gasteiger partial charge >= 0.3 is 0 Å². The van der Waals surface area contributed by atoms with Gasteiger partial charge in [-0.2, -0.15) is 0 Å². The first-order valence-corrected chi connectivity index (χ1v) is 10.7. The van der Waals surface area contributed by atoms with Gasteiger partial charge in [0.15, 0.2) is 5.16 Å². The summed E-state index contributed by atoms with van der Waals surface area (Å²) in [6, 6.07) is 20.4. The van der Waals surface area contributed by atoms with E-state index < -0.39 is 0 Å². The predicted octanol–water partition coefficient (Wildman–Crippen LogP) is 3.64. The fourth-order valence-electron chi connectivity index (χ4n) is 2.47. The van der Waals surface area contributed by atoms with Crippen molar-refractivity contribution in [1.29, 1.82) is 0 Å². The molecule has 5 nitrogen and oxygen atoms in total. The largest absolute Gasteiger partial charge is 0.355 e. The van der Waals surface area contributed by atoms with Gasteiger partial charge in [0, 0.05) is 17.2 Å². The van der Waals surface area contributed by atoms with Crippen LogP contribution in [0.2, 0.25) is 0 Å². The highest BCUT2D eigenvalue weighted by atomic mass is 32.2. The molecule has 0 saturated carbocycles. The van der Waals surface area contributed by atoms with E-state index in [9.17, 15) is 4.79 Å². The van der Waals surface area contributed by atoms with E-state index in [1.165, 1.54) is 22.2 Å². The topological polar surface area (TPSA) is 59.8 Å². The van der Waals surface area contributed by atoms with Crippen molar-refractivity contribution in [2.45, 2.75) is 23.5 Å². The number of nitrogens with one attached hydrogen (secondary N) is 1. The molecule has 0 aliphatic rings. The molecule has 0 radical (unpaired) electrons. The van der Waals surface area contributed by atoms with Crippen LogP contribution in [0.5, 0.6) is 0 Å². The van der Waals surface area contributed by atoms with E-state index in [1.54, 1.807) is 11.8 Å². The zero-order valence-electron chi connectivity index (χ0n) is 15.2. The second-order valence-electron chi connectivity index (χ2n) is 5.90. The molecule has 0 fully saturated rings. The number of aromatic nitrogens is 3. The molecule has 1 N–H and O–H groups in total. The van der Waals surface area contributed by atoms with Crippen molar-refractivity contribution in [1.82, 2.24) is 20.1 Å². The number of carbonyl (C=O) groups is 1. The lowest BCUT2D eigenvalue weighted by molar-refractivity contribution is -0.118. The molecule has 140 valence electrons. The van der Waals surface area contributed by atoms with Crippen LogP contribution in [-0.2, 0) is 11.3 Å². The summed E-state index contributed by atoms with van der Waals surface area (Å²) in [6.07, 6.45) is 0. The minimum Gasteiger partial charge on any atom is -0.355 e. The average Bonchev–Trinajstić information content (AvgIpc) is 3.05. The van der Waals surface area contributed by atoms with Gasteiger partial charge in [0.1, 0.15) is 5.82 Å². The van der Waals surface area contributed by atoms with Gasteiger partial charge in [-0.05, 0) is 24.6 Å². The third-order valence-corrected chi connectivity index (χ3v) is 5.83. The van der Waals surface area contributed by atoms with Crippen molar-refractivity contribution in [3.63, 3.8) is 0 Å². The van der Waals surface area contributed by atoms with Crippen molar-refractivity contribution in [3.8, 4) is 0 Å². The molecule has 1 heterocycles. The summed E-state index contributed by atoms with van der Waals surface area (Å²) < 4.78 is 2.04. The van der Waals surface area contributed by atoms with Crippen LogP contribution in [0.1, 0.15) is 11.4 Å². The van der Waals surface area contributed by atoms with Crippen LogP contribution in [0.3, 0.4) is 0 Å². The summed E-state index contributed by atoms with van der Waals surface area (Å²) in [5, 5.41) is 12.1. The van der Waals surface area contributed by atoms with Gasteiger partial charge in [0.2, 0.25) is 5.91 Å². The molecule has 27 heavy (non-hydrogen) atoms. The second-order valence-corrected chi connectivity index (χ2v) is 8.01. The van der Waals surface area contributed by atoms with Crippen LogP contribution in [0.4, 0.5) is 0 Å². The zero-order chi connectivity index (χ0) is 18.9. The molecule has 1 aromatic heterocycles. The van der Waals surface area contributed by atoms with Crippen LogP contribution in [0.25, 0.3) is 0 Å². The van der Waals surface area contributed by atoms with E-state index >= 15 is 0 Å². The minimum atomic E-state index is 0.0144. The number of carbonyl (C=O) groups excluding carboxylic acids is 1. The molecule has 0 spiro atoms. The quantitative estimate of drug-likeness (QED) is 0.440. The highest BCUT2D eigenvalue weighted by Gasteiger charge is 2.12. The first kappa shape index (κ1) is 19.5. The Morgan fingerprint density at radius 3 is 2.44 bits per heavy atom. The Kier molecular flexibility index (Phi) is 7.36. The Morgan fingerprint density at radius 1 is 1.00 bits per heavy atom. The van der Waals surface area contributed by atoms with Crippen LogP contribution in [0.15, 0.2) is 70.7 Å². The van der Waals surface area contributed by atoms with Crippen LogP contribution < -0.4 is 5.32 Å². The summed E-state index contributed by atoms with van der Waals surface area (Å²) in [4.78, 5) is 13.3. The first-order valence-electron chi connectivity index (χ1n) is 8.73. The van der Waals surface area contributed by atoms with Crippen molar-refractivity contribution in [2.75, 3.05) is 18.1 Å². The van der Waals surface area contributed by atoms with E-state index in [2.05, 4.69) is 39.8 Å². The maximum atomic E-state index is 12.1. The van der Waals surface area contributed by atoms with Gasteiger partial charge in [-0.1, -0.05) is 60.3 Å². The molecule has 7 heteroatoms. The monoisotopic (exact) mass is 398 g/mol. The maximum Gasteiger partial charge on any atom is 0.230 e. The van der Waals surface area contributed by atoms with Gasteiger partial charge in [-0.25, -0.2) is 0 Å². The molecule has 0 aliphatic heterocycles. The summed E-state index contributed by atoms with van der Waals surface area (Å²) in [6.45, 7) is 3.28. The van der Waals surface area contributed by atoms with E-state index in [1.807, 2.05) is 47.9 Å². The highest BCUT2D eigenvalue weighted by Crippen LogP contribution is 2.19. The average molecular weight is 399 g/mol. The van der Waals surface area contributed by atoms with Crippen molar-refractivity contribution in [2.24, 2.45) is 0 Å². The van der Waals surface area contributed by atoms with Gasteiger partial charge in [0.25, 0.3) is 0 Å². The van der Waals surface area contributed by atoms with Crippen molar-refractivity contribution < 1.29 is 4.79 Å². The molecule has 0 atom stereocenters. The Labute approximate surface area is 168 Å². The Bertz CT molecular complexity index is 853. The molecule has 3 rings (SSSR count). The summed E-state index contributed by atoms with van der Waals surface area (Å²) in [5.74, 6) is 2.05. The molecular weight excluding hydrogens is 376 g/mol. The third kappa shape index (κ3) is 6.15. The van der Waals surface area contributed by atoms with Crippen LogP contribution in [-0.4, -0.2) is 38.7 Å². The number of hydrogen-bond donors (Lipinski definition) is 1. The zero-order valence-corrected chi connectivity index (χ0v) is 16.8. The van der Waals surface area contributed by atoms with Crippen LogP contribution >= 0.6 is 23.5 Å². The fraction of sp³-hybridized carbons (Fsp3) is 0.250. The molecule has 0 bridgehead atoms. The summed E-state index contributed by atoms with van der Waals surface area (Å²) >= 11 is 3.16. The number of hydrogen-bond acceptors (Lipinski definition) is 5. The predicted molar refractivity (Wildman–Crippen MR) is 111 cm³/mol. The lowest BCUT2D eigenvalue weighted by Crippen LogP contribution is -2.27. The molecule has 0 saturated heterocycles. The second kappa shape index (κ2) is 10.2. The minimum absolute atomic E-state index is 0.0144. The molecule has 1 amide bonds. The lowest BCUT2D eigenvalue weighted by atomic mass is 10.2. The standard InChI is InChI=1S/C20H22N4OS2/c1-16-22-23-20(24(16)14-17-8-4-2-5-9-17)27-15-19(25)21-12-13-26-18-10-6-3-7-11-18/h2-11H,12-15H2,1H3,(H,21,25). The smallest absolute Gasteiger partial charge is 0.230 e. The van der Waals surface area contributed by atoms with E-state index in [0.29, 0.717) is 18.8 Å². The molecular formula is C20H22N4OS2. The van der Waals surface area contributed by atoms with Crippen LogP contribution in [0, 0.1) is 6.92 Å². The molecule has 0 unspecified atom stereocenters. The van der Waals surface area contributed by atoms with Gasteiger partial charge in [-0.3, -0.25) is 4.79 Å². The van der Waals surface area contributed by atoms with E-state index in [0.717, 1.165) is 16.7 Å². The normalized spacial score (nSPS) is 10.7. The molecule has 0 aliphatic carbocycles. The number of amides is 1. The molecule has 2 aromatic carbocycles. The number of rotatable bonds is 9. The van der Waals surface area contributed by atoms with Gasteiger partial charge in [-0.15, -0.1) is 22.0 Å². The SMILES string of the molecule is Cc1nnc(SCC(=O)NCCSc2ccccc2)n1Cc1ccccc1. The Hall–Kier alpha value is -2.25. The fourth-order valence-corrected chi connectivity index (χ4v) is 4.08. The number of thioether (sulfide) groups is 2. The summed E-state index contributed by atoms with van der Waals surface area (Å²) in [5.41, 5.74) is 1.18. The summed E-state index contributed by atoms with van der Waals surface area (Å²) in [7, 11) is 0. The van der Waals surface area contributed by atoms with Gasteiger partial charge in [0.05, 0.1) is 12.3 Å². The number of nitrogens with zero attached hydrogens (tertiary/aromatic N) is 3. The number of aryl methyl sites for hydroxylation is 1. The highest BCUT2D eigenvalue weighted by molar-refractivity contribution is 7.99. The lowest BCUT2D eigenvalue weighted by Gasteiger charge is -2.09. The third-order valence-electron chi connectivity index (χ3n) is 3.85. The number of benzene rings is 2. The Balaban J connectivity index is 1.43. The molecule has 3 aromatic rings.